The quantitative estimate of drug-likeness (QED) is 0.873. The molecule has 0 aliphatic carbocycles. The van der Waals surface area contributed by atoms with Crippen LogP contribution in [-0.4, -0.2) is 5.11 Å². The lowest BCUT2D eigenvalue weighted by atomic mass is 9.92. The van der Waals surface area contributed by atoms with E-state index < -0.39 is 6.10 Å². The summed E-state index contributed by atoms with van der Waals surface area (Å²) >= 11 is 3.47. The molecule has 0 radical (unpaired) electrons. The van der Waals surface area contributed by atoms with Crippen molar-refractivity contribution in [1.29, 1.82) is 0 Å². The Hall–Kier alpha value is -1.12. The summed E-state index contributed by atoms with van der Waals surface area (Å²) in [6, 6.07) is 12.4. The normalized spacial score (nSPS) is 12.5. The van der Waals surface area contributed by atoms with Crippen LogP contribution >= 0.6 is 15.9 Å². The molecule has 0 spiro atoms. The molecule has 2 heteroatoms. The molecular weight excluding hydrogens is 300 g/mol. The summed E-state index contributed by atoms with van der Waals surface area (Å²) in [5.74, 6) is 0. The van der Waals surface area contributed by atoms with E-state index in [1.54, 1.807) is 0 Å². The molecule has 1 N–H and O–H groups in total. The second-order valence-corrected chi connectivity index (χ2v) is 6.08. The van der Waals surface area contributed by atoms with E-state index in [1.165, 1.54) is 16.7 Å². The van der Waals surface area contributed by atoms with Crippen LogP contribution in [0.5, 0.6) is 0 Å². The molecule has 0 fully saturated rings. The maximum absolute atomic E-state index is 10.5. The molecule has 2 rings (SSSR count). The van der Waals surface area contributed by atoms with Gasteiger partial charge in [-0.3, -0.25) is 0 Å². The molecule has 2 aromatic carbocycles. The van der Waals surface area contributed by atoms with E-state index in [0.717, 1.165) is 15.6 Å². The van der Waals surface area contributed by atoms with E-state index in [0.29, 0.717) is 6.42 Å². The molecule has 1 nitrogen and oxygen atoms in total. The molecule has 0 heterocycles. The fourth-order valence-corrected chi connectivity index (χ4v) is 3.15. The van der Waals surface area contributed by atoms with Crippen LogP contribution in [0.2, 0.25) is 0 Å². The second kappa shape index (κ2) is 5.89. The van der Waals surface area contributed by atoms with Crippen molar-refractivity contribution in [3.63, 3.8) is 0 Å². The van der Waals surface area contributed by atoms with Gasteiger partial charge in [0.15, 0.2) is 0 Å². The highest BCUT2D eigenvalue weighted by atomic mass is 79.9. The van der Waals surface area contributed by atoms with E-state index in [1.807, 2.05) is 18.2 Å². The van der Waals surface area contributed by atoms with Gasteiger partial charge in [0.1, 0.15) is 0 Å². The Labute approximate surface area is 123 Å². The Morgan fingerprint density at radius 1 is 1.05 bits per heavy atom. The summed E-state index contributed by atoms with van der Waals surface area (Å²) in [4.78, 5) is 0. The molecule has 0 saturated carbocycles. The van der Waals surface area contributed by atoms with Crippen LogP contribution in [0.1, 0.15) is 33.9 Å². The SMILES string of the molecule is Cc1cc(C)c(C(O)Cc2cccc(Br)c2)c(C)c1. The van der Waals surface area contributed by atoms with Gasteiger partial charge in [-0.25, -0.2) is 0 Å². The van der Waals surface area contributed by atoms with Gasteiger partial charge >= 0.3 is 0 Å². The van der Waals surface area contributed by atoms with Gasteiger partial charge in [-0.15, -0.1) is 0 Å². The fraction of sp³-hybridized carbons (Fsp3) is 0.294. The van der Waals surface area contributed by atoms with Gasteiger partial charge in [0.25, 0.3) is 0 Å². The van der Waals surface area contributed by atoms with Crippen LogP contribution in [0.25, 0.3) is 0 Å². The molecule has 100 valence electrons. The third kappa shape index (κ3) is 3.46. The summed E-state index contributed by atoms with van der Waals surface area (Å²) < 4.78 is 1.05. The molecule has 1 atom stereocenters. The maximum atomic E-state index is 10.5. The van der Waals surface area contributed by atoms with Crippen LogP contribution in [-0.2, 0) is 6.42 Å². The zero-order valence-corrected chi connectivity index (χ0v) is 13.2. The van der Waals surface area contributed by atoms with Gasteiger partial charge in [0.2, 0.25) is 0 Å². The van der Waals surface area contributed by atoms with Gasteiger partial charge in [-0.05, 0) is 55.2 Å². The third-order valence-electron chi connectivity index (χ3n) is 3.39. The predicted octanol–water partition coefficient (Wildman–Crippen LogP) is 4.65. The van der Waals surface area contributed by atoms with Gasteiger partial charge in [0.05, 0.1) is 6.10 Å². The number of aliphatic hydroxyl groups excluding tert-OH is 1. The van der Waals surface area contributed by atoms with Crippen LogP contribution in [0.3, 0.4) is 0 Å². The first-order valence-electron chi connectivity index (χ1n) is 6.47. The summed E-state index contributed by atoms with van der Waals surface area (Å²) in [6.07, 6.45) is 0.194. The van der Waals surface area contributed by atoms with E-state index in [9.17, 15) is 5.11 Å². The summed E-state index contributed by atoms with van der Waals surface area (Å²) in [7, 11) is 0. The highest BCUT2D eigenvalue weighted by Crippen LogP contribution is 2.27. The average Bonchev–Trinajstić information content (AvgIpc) is 2.27. The Morgan fingerprint density at radius 3 is 2.26 bits per heavy atom. The Kier molecular flexibility index (Phi) is 4.43. The number of rotatable bonds is 3. The molecule has 0 amide bonds. The van der Waals surface area contributed by atoms with Gasteiger partial charge < -0.3 is 5.11 Å². The van der Waals surface area contributed by atoms with Gasteiger partial charge in [-0.2, -0.15) is 0 Å². The molecule has 0 bridgehead atoms. The lowest BCUT2D eigenvalue weighted by Gasteiger charge is -2.17. The average molecular weight is 319 g/mol. The van der Waals surface area contributed by atoms with Crippen molar-refractivity contribution >= 4 is 15.9 Å². The predicted molar refractivity (Wildman–Crippen MR) is 83.5 cm³/mol. The highest BCUT2D eigenvalue weighted by molar-refractivity contribution is 9.10. The van der Waals surface area contributed by atoms with E-state index >= 15 is 0 Å². The minimum absolute atomic E-state index is 0.449. The number of hydrogen-bond donors (Lipinski definition) is 1. The van der Waals surface area contributed by atoms with E-state index in [2.05, 4.69) is 54.9 Å². The first-order chi connectivity index (χ1) is 8.97. The topological polar surface area (TPSA) is 20.2 Å². The zero-order valence-electron chi connectivity index (χ0n) is 11.6. The van der Waals surface area contributed by atoms with Crippen LogP contribution in [0, 0.1) is 20.8 Å². The maximum Gasteiger partial charge on any atom is 0.0835 e. The monoisotopic (exact) mass is 318 g/mol. The number of hydrogen-bond acceptors (Lipinski definition) is 1. The Bertz CT molecular complexity index is 567. The van der Waals surface area contributed by atoms with Crippen LogP contribution in [0.4, 0.5) is 0 Å². The van der Waals surface area contributed by atoms with E-state index in [-0.39, 0.29) is 0 Å². The highest BCUT2D eigenvalue weighted by Gasteiger charge is 2.14. The number of aliphatic hydroxyl groups is 1. The number of halogens is 1. The third-order valence-corrected chi connectivity index (χ3v) is 3.88. The summed E-state index contributed by atoms with van der Waals surface area (Å²) in [5, 5.41) is 10.5. The van der Waals surface area contributed by atoms with Gasteiger partial charge in [0, 0.05) is 10.9 Å². The molecule has 0 aliphatic heterocycles. The van der Waals surface area contributed by atoms with Crippen molar-refractivity contribution in [1.82, 2.24) is 0 Å². The van der Waals surface area contributed by atoms with Crippen LogP contribution in [0.15, 0.2) is 40.9 Å². The van der Waals surface area contributed by atoms with Gasteiger partial charge in [-0.1, -0.05) is 45.8 Å². The number of benzene rings is 2. The molecule has 2 aromatic rings. The van der Waals surface area contributed by atoms with Crippen molar-refractivity contribution < 1.29 is 5.11 Å². The zero-order chi connectivity index (χ0) is 14.0. The Morgan fingerprint density at radius 2 is 1.68 bits per heavy atom. The molecule has 0 saturated heterocycles. The van der Waals surface area contributed by atoms with Crippen molar-refractivity contribution in [2.75, 3.05) is 0 Å². The molecular formula is C17H19BrO. The standard InChI is InChI=1S/C17H19BrO/c1-11-7-12(2)17(13(3)8-11)16(19)10-14-5-4-6-15(18)9-14/h4-9,16,19H,10H2,1-3H3. The van der Waals surface area contributed by atoms with Crippen molar-refractivity contribution in [3.8, 4) is 0 Å². The second-order valence-electron chi connectivity index (χ2n) is 5.16. The fourth-order valence-electron chi connectivity index (χ4n) is 2.71. The summed E-state index contributed by atoms with van der Waals surface area (Å²) in [6.45, 7) is 6.23. The van der Waals surface area contributed by atoms with Crippen LogP contribution < -0.4 is 0 Å². The van der Waals surface area contributed by atoms with E-state index in [4.69, 9.17) is 0 Å². The molecule has 19 heavy (non-hydrogen) atoms. The van der Waals surface area contributed by atoms with Crippen molar-refractivity contribution in [2.24, 2.45) is 0 Å². The molecule has 1 unspecified atom stereocenters. The Balaban J connectivity index is 2.28. The summed E-state index contributed by atoms with van der Waals surface area (Å²) in [5.41, 5.74) is 5.78. The minimum Gasteiger partial charge on any atom is -0.388 e. The molecule has 0 aliphatic rings. The van der Waals surface area contributed by atoms with Crippen molar-refractivity contribution in [2.45, 2.75) is 33.3 Å². The largest absolute Gasteiger partial charge is 0.388 e. The van der Waals surface area contributed by atoms with Crippen molar-refractivity contribution in [3.05, 3.63) is 68.7 Å². The lowest BCUT2D eigenvalue weighted by Crippen LogP contribution is -2.06. The molecule has 0 aromatic heterocycles. The first kappa shape index (κ1) is 14.3. The smallest absolute Gasteiger partial charge is 0.0835 e. The minimum atomic E-state index is -0.449. The number of aryl methyl sites for hydroxylation is 3. The first-order valence-corrected chi connectivity index (χ1v) is 7.27. The lowest BCUT2D eigenvalue weighted by molar-refractivity contribution is 0.177.